The average Bonchev–Trinajstić information content (AvgIpc) is 3.57. The number of anilines is 3. The second-order valence-corrected chi connectivity index (χ2v) is 19.8. The molecule has 1 atom stereocenters. The first-order valence-corrected chi connectivity index (χ1v) is 23.6. The fourth-order valence-corrected chi connectivity index (χ4v) is 10.3. The van der Waals surface area contributed by atoms with E-state index in [9.17, 15) is 19.2 Å². The summed E-state index contributed by atoms with van der Waals surface area (Å²) in [5.74, 6) is 0.399. The molecule has 0 aromatic heterocycles. The standard InChI is InChI=1S/C50H58N6O5S2/c1-49(2)40-31-36(15-21-42(40)55(7)44(49)23-13-34-9-17-38(18-10-34)53(5)27-28-57)47(60)51-25-29-62-63-30-26-52-48(61)37-16-22-43-41(32-37)50(3,4)45(56(43)8)24-14-35-11-19-39(20-12-35)54(6)33-46(58)59/h9-24,28,31-32,45H,25-27,29-30,33H2,1-8H3,(H2-,51,52,58,59,60,61)/p+1/b24-14+. The molecule has 0 saturated heterocycles. The van der Waals surface area contributed by atoms with Crippen molar-refractivity contribution in [1.82, 2.24) is 10.6 Å². The van der Waals surface area contributed by atoms with E-state index in [-0.39, 0.29) is 35.2 Å². The number of carboxylic acids is 1. The van der Waals surface area contributed by atoms with Gasteiger partial charge in [-0.2, -0.15) is 4.58 Å². The fraction of sp³-hybridized carbons (Fsp3) is 0.340. The molecule has 2 aliphatic heterocycles. The summed E-state index contributed by atoms with van der Waals surface area (Å²) in [4.78, 5) is 54.3. The zero-order valence-corrected chi connectivity index (χ0v) is 39.1. The number of likely N-dealkylation sites (N-methyl/N-ethyl adjacent to an activating group) is 3. The number of carboxylic acid groups (broad SMARTS) is 1. The van der Waals surface area contributed by atoms with Gasteiger partial charge in [0.2, 0.25) is 5.69 Å². The molecule has 4 aromatic carbocycles. The molecule has 13 heteroatoms. The minimum absolute atomic E-state index is 0.0609. The lowest BCUT2D eigenvalue weighted by Gasteiger charge is -2.29. The molecule has 63 heavy (non-hydrogen) atoms. The van der Waals surface area contributed by atoms with E-state index in [0.29, 0.717) is 30.8 Å². The lowest BCUT2D eigenvalue weighted by atomic mass is 9.79. The van der Waals surface area contributed by atoms with Crippen LogP contribution in [-0.2, 0) is 20.4 Å². The minimum atomic E-state index is -0.871. The molecule has 2 amide bonds. The van der Waals surface area contributed by atoms with Crippen molar-refractivity contribution in [3.8, 4) is 0 Å². The molecule has 0 fully saturated rings. The Kier molecular flexibility index (Phi) is 14.9. The molecule has 3 N–H and O–H groups in total. The van der Waals surface area contributed by atoms with Gasteiger partial charge < -0.3 is 35.2 Å². The second kappa shape index (κ2) is 20.2. The Labute approximate surface area is 379 Å². The number of rotatable bonds is 19. The van der Waals surface area contributed by atoms with Crippen molar-refractivity contribution in [2.24, 2.45) is 0 Å². The van der Waals surface area contributed by atoms with Gasteiger partial charge in [-0.25, -0.2) is 0 Å². The van der Waals surface area contributed by atoms with Crippen molar-refractivity contribution < 1.29 is 28.9 Å². The Balaban J connectivity index is 0.925. The summed E-state index contributed by atoms with van der Waals surface area (Å²) in [6, 6.07) is 27.9. The summed E-state index contributed by atoms with van der Waals surface area (Å²) in [6.45, 7) is 10.1. The Morgan fingerprint density at radius 2 is 1.30 bits per heavy atom. The van der Waals surface area contributed by atoms with Crippen LogP contribution >= 0.6 is 21.6 Å². The summed E-state index contributed by atoms with van der Waals surface area (Å²) < 4.78 is 2.19. The number of aldehydes is 1. The summed E-state index contributed by atoms with van der Waals surface area (Å²) in [5, 5.41) is 15.2. The van der Waals surface area contributed by atoms with Crippen molar-refractivity contribution in [2.45, 2.75) is 44.6 Å². The van der Waals surface area contributed by atoms with E-state index in [1.54, 1.807) is 33.5 Å². The highest BCUT2D eigenvalue weighted by Crippen LogP contribution is 2.45. The first-order valence-electron chi connectivity index (χ1n) is 21.1. The Morgan fingerprint density at radius 3 is 1.87 bits per heavy atom. The van der Waals surface area contributed by atoms with Gasteiger partial charge in [-0.1, -0.05) is 71.9 Å². The maximum atomic E-state index is 13.2. The molecule has 2 heterocycles. The van der Waals surface area contributed by atoms with Crippen LogP contribution in [0.4, 0.5) is 22.7 Å². The second-order valence-electron chi connectivity index (χ2n) is 17.1. The maximum absolute atomic E-state index is 13.2. The van der Waals surface area contributed by atoms with Gasteiger partial charge in [0.05, 0.1) is 18.0 Å². The van der Waals surface area contributed by atoms with E-state index in [2.05, 4.69) is 86.2 Å². The van der Waals surface area contributed by atoms with Gasteiger partial charge >= 0.3 is 5.97 Å². The first kappa shape index (κ1) is 46.7. The van der Waals surface area contributed by atoms with E-state index in [1.807, 2.05) is 96.9 Å². The lowest BCUT2D eigenvalue weighted by Crippen LogP contribution is -2.37. The van der Waals surface area contributed by atoms with Gasteiger partial charge in [0.1, 0.15) is 19.9 Å². The van der Waals surface area contributed by atoms with Crippen molar-refractivity contribution in [2.75, 3.05) is 80.6 Å². The van der Waals surface area contributed by atoms with E-state index >= 15 is 0 Å². The quantitative estimate of drug-likeness (QED) is 0.0371. The maximum Gasteiger partial charge on any atom is 0.323 e. The van der Waals surface area contributed by atoms with Crippen LogP contribution in [0.5, 0.6) is 0 Å². The number of benzene rings is 4. The summed E-state index contributed by atoms with van der Waals surface area (Å²) in [7, 11) is 11.1. The van der Waals surface area contributed by atoms with Gasteiger partial charge in [-0.3, -0.25) is 14.4 Å². The zero-order valence-electron chi connectivity index (χ0n) is 37.5. The zero-order chi connectivity index (χ0) is 45.5. The van der Waals surface area contributed by atoms with Crippen molar-refractivity contribution in [1.29, 1.82) is 0 Å². The predicted octanol–water partition coefficient (Wildman–Crippen LogP) is 7.91. The van der Waals surface area contributed by atoms with Gasteiger partial charge in [-0.15, -0.1) is 0 Å². The highest BCUT2D eigenvalue weighted by atomic mass is 33.1. The number of nitrogens with zero attached hydrogens (tertiary/aromatic N) is 4. The van der Waals surface area contributed by atoms with E-state index in [0.717, 1.165) is 68.5 Å². The normalized spacial score (nSPS) is 16.0. The smallest absolute Gasteiger partial charge is 0.323 e. The highest BCUT2D eigenvalue weighted by molar-refractivity contribution is 8.76. The van der Waals surface area contributed by atoms with Gasteiger partial charge in [0.25, 0.3) is 11.8 Å². The van der Waals surface area contributed by atoms with Gasteiger partial charge in [-0.05, 0) is 91.2 Å². The molecular formula is C50H59N6O5S2+. The van der Waals surface area contributed by atoms with Gasteiger partial charge in [0, 0.05) is 97.0 Å². The Bertz CT molecular complexity index is 2430. The van der Waals surface area contributed by atoms with Crippen LogP contribution in [-0.4, -0.2) is 111 Å². The number of hydrogen-bond acceptors (Lipinski definition) is 9. The molecule has 1 unspecified atom stereocenters. The molecular weight excluding hydrogens is 829 g/mol. The van der Waals surface area contributed by atoms with Crippen molar-refractivity contribution in [3.05, 3.63) is 130 Å². The van der Waals surface area contributed by atoms with Crippen LogP contribution in [0.2, 0.25) is 0 Å². The number of nitrogens with one attached hydrogen (secondary N) is 2. The number of hydrogen-bond donors (Lipinski definition) is 3. The van der Waals surface area contributed by atoms with Crippen molar-refractivity contribution in [3.63, 3.8) is 0 Å². The number of allylic oxidation sites excluding steroid dienone is 1. The van der Waals surface area contributed by atoms with Crippen molar-refractivity contribution >= 4 is 86.3 Å². The van der Waals surface area contributed by atoms with Crippen LogP contribution in [0.25, 0.3) is 12.2 Å². The largest absolute Gasteiger partial charge is 0.480 e. The third-order valence-electron chi connectivity index (χ3n) is 12.1. The molecule has 330 valence electrons. The molecule has 11 nitrogen and oxygen atoms in total. The van der Waals surface area contributed by atoms with Gasteiger partial charge in [0.15, 0.2) is 5.71 Å². The fourth-order valence-electron chi connectivity index (χ4n) is 8.44. The number of carbonyl (C=O) groups is 4. The van der Waals surface area contributed by atoms with E-state index in [1.165, 1.54) is 0 Å². The molecule has 4 aromatic rings. The SMILES string of the molecule is CN(CC=O)c1ccc(/C=C/C2=[N+](C)c3ccc(C(=O)NCCSSCCNC(=O)c4ccc5c(c4)C(C)(C)C(/C=C/c4ccc(N(C)CC(=O)O)cc4)N5C)cc3C2(C)C)cc1. The molecule has 0 bridgehead atoms. The number of fused-ring (bicyclic) bond motifs is 2. The predicted molar refractivity (Wildman–Crippen MR) is 263 cm³/mol. The Morgan fingerprint density at radius 1 is 0.762 bits per heavy atom. The molecule has 0 radical (unpaired) electrons. The summed E-state index contributed by atoms with van der Waals surface area (Å²) >= 11 is 0. The topological polar surface area (TPSA) is 125 Å². The lowest BCUT2D eigenvalue weighted by molar-refractivity contribution is -0.401. The average molecular weight is 888 g/mol. The summed E-state index contributed by atoms with van der Waals surface area (Å²) in [5.41, 5.74) is 10.2. The third-order valence-corrected chi connectivity index (χ3v) is 14.5. The minimum Gasteiger partial charge on any atom is -0.480 e. The number of amides is 2. The van der Waals surface area contributed by atoms with E-state index < -0.39 is 5.97 Å². The monoisotopic (exact) mass is 887 g/mol. The first-order chi connectivity index (χ1) is 30.0. The van der Waals surface area contributed by atoms with Crippen LogP contribution < -0.4 is 25.3 Å². The number of aliphatic carboxylic acids is 1. The molecule has 6 rings (SSSR count). The molecule has 0 aliphatic carbocycles. The molecule has 2 aliphatic rings. The van der Waals surface area contributed by atoms with Crippen LogP contribution in [0, 0.1) is 0 Å². The van der Waals surface area contributed by atoms with E-state index in [4.69, 9.17) is 5.11 Å². The highest BCUT2D eigenvalue weighted by Gasteiger charge is 2.44. The van der Waals surface area contributed by atoms with Crippen LogP contribution in [0.3, 0.4) is 0 Å². The summed E-state index contributed by atoms with van der Waals surface area (Å²) in [6.07, 6.45) is 9.42. The Hall–Kier alpha value is -5.79. The molecule has 0 saturated carbocycles. The molecule has 0 spiro atoms. The van der Waals surface area contributed by atoms with Crippen LogP contribution in [0.1, 0.15) is 70.7 Å². The third kappa shape index (κ3) is 10.7. The number of carbonyl (C=O) groups excluding carboxylic acids is 3. The van der Waals surface area contributed by atoms with Crippen LogP contribution in [0.15, 0.2) is 97.1 Å².